The third-order valence-corrected chi connectivity index (χ3v) is 4.63. The van der Waals surface area contributed by atoms with Gasteiger partial charge in [0, 0.05) is 38.1 Å². The summed E-state index contributed by atoms with van der Waals surface area (Å²) in [5.41, 5.74) is 1.16. The fourth-order valence-electron chi connectivity index (χ4n) is 2.92. The van der Waals surface area contributed by atoms with E-state index in [1.54, 1.807) is 24.5 Å². The third-order valence-electron chi connectivity index (χ3n) is 4.29. The summed E-state index contributed by atoms with van der Waals surface area (Å²) < 4.78 is 13.6. The van der Waals surface area contributed by atoms with Gasteiger partial charge in [0.1, 0.15) is 5.82 Å². The van der Waals surface area contributed by atoms with Gasteiger partial charge in [-0.15, -0.1) is 0 Å². The van der Waals surface area contributed by atoms with Crippen molar-refractivity contribution >= 4 is 17.5 Å². The summed E-state index contributed by atoms with van der Waals surface area (Å²) in [7, 11) is 0. The van der Waals surface area contributed by atoms with Gasteiger partial charge in [-0.2, -0.15) is 0 Å². The first-order valence-electron chi connectivity index (χ1n) is 7.99. The molecule has 6 heteroatoms. The van der Waals surface area contributed by atoms with Crippen LogP contribution < -0.4 is 5.32 Å². The molecule has 0 bridgehead atoms. The molecule has 1 aliphatic rings. The molecule has 4 nitrogen and oxygen atoms in total. The van der Waals surface area contributed by atoms with Crippen LogP contribution in [0.15, 0.2) is 42.7 Å². The minimum absolute atomic E-state index is 0.0706. The van der Waals surface area contributed by atoms with E-state index in [2.05, 4.69) is 15.2 Å². The number of pyridine rings is 1. The highest BCUT2D eigenvalue weighted by Gasteiger charge is 2.22. The number of nitrogens with zero attached hydrogens (tertiary/aromatic N) is 2. The summed E-state index contributed by atoms with van der Waals surface area (Å²) in [6, 6.07) is 8.05. The molecule has 1 saturated heterocycles. The van der Waals surface area contributed by atoms with Gasteiger partial charge in [0.05, 0.1) is 10.6 Å². The lowest BCUT2D eigenvalue weighted by Crippen LogP contribution is -2.44. The Hall–Kier alpha value is -1.98. The van der Waals surface area contributed by atoms with E-state index >= 15 is 0 Å². The number of aromatic nitrogens is 1. The molecule has 3 rings (SSSR count). The second kappa shape index (κ2) is 7.73. The lowest BCUT2D eigenvalue weighted by atomic mass is 10.0. The van der Waals surface area contributed by atoms with Gasteiger partial charge in [0.25, 0.3) is 5.91 Å². The summed E-state index contributed by atoms with van der Waals surface area (Å²) in [5, 5.41) is 3.60. The number of benzene rings is 1. The number of hydrogen-bond donors (Lipinski definition) is 1. The van der Waals surface area contributed by atoms with Crippen molar-refractivity contribution in [2.75, 3.05) is 13.1 Å². The van der Waals surface area contributed by atoms with E-state index in [4.69, 9.17) is 11.6 Å². The topological polar surface area (TPSA) is 45.2 Å². The Morgan fingerprint density at radius 1 is 1.29 bits per heavy atom. The molecule has 126 valence electrons. The monoisotopic (exact) mass is 347 g/mol. The molecule has 1 N–H and O–H groups in total. The van der Waals surface area contributed by atoms with Gasteiger partial charge >= 0.3 is 0 Å². The third kappa shape index (κ3) is 4.10. The number of halogens is 2. The predicted molar refractivity (Wildman–Crippen MR) is 91.4 cm³/mol. The van der Waals surface area contributed by atoms with E-state index < -0.39 is 5.82 Å². The van der Waals surface area contributed by atoms with Crippen molar-refractivity contribution in [3.8, 4) is 0 Å². The number of piperidine rings is 1. The average molecular weight is 348 g/mol. The van der Waals surface area contributed by atoms with Crippen LogP contribution in [0.4, 0.5) is 4.39 Å². The van der Waals surface area contributed by atoms with Crippen molar-refractivity contribution in [3.05, 3.63) is 64.7 Å². The van der Waals surface area contributed by atoms with Gasteiger partial charge in [-0.25, -0.2) is 4.39 Å². The zero-order valence-electron chi connectivity index (χ0n) is 13.2. The summed E-state index contributed by atoms with van der Waals surface area (Å²) in [5.74, 6) is -0.830. The van der Waals surface area contributed by atoms with Crippen molar-refractivity contribution in [1.82, 2.24) is 15.2 Å². The number of carbonyl (C=O) groups is 1. The standard InChI is InChI=1S/C18H19ClFN3O/c19-16-11-21-8-5-13(16)12-23-9-6-14(7-10-23)22-18(24)15-3-1-2-4-17(15)20/h1-5,8,11,14H,6-7,9-10,12H2,(H,22,24). The fourth-order valence-corrected chi connectivity index (χ4v) is 3.10. The van der Waals surface area contributed by atoms with Crippen molar-refractivity contribution in [1.29, 1.82) is 0 Å². The van der Waals surface area contributed by atoms with E-state index in [9.17, 15) is 9.18 Å². The van der Waals surface area contributed by atoms with Crippen LogP contribution >= 0.6 is 11.6 Å². The predicted octanol–water partition coefficient (Wildman–Crippen LogP) is 3.27. The first-order valence-corrected chi connectivity index (χ1v) is 8.37. The number of amides is 1. The Morgan fingerprint density at radius 3 is 2.75 bits per heavy atom. The van der Waals surface area contributed by atoms with Crippen LogP contribution in [0.25, 0.3) is 0 Å². The first kappa shape index (κ1) is 16.9. The smallest absolute Gasteiger partial charge is 0.254 e. The number of rotatable bonds is 4. The molecule has 1 aromatic heterocycles. The van der Waals surface area contributed by atoms with Crippen LogP contribution in [0.3, 0.4) is 0 Å². The highest BCUT2D eigenvalue weighted by molar-refractivity contribution is 6.31. The van der Waals surface area contributed by atoms with Crippen LogP contribution in [0.5, 0.6) is 0 Å². The van der Waals surface area contributed by atoms with Gasteiger partial charge in [0.2, 0.25) is 0 Å². The lowest BCUT2D eigenvalue weighted by molar-refractivity contribution is 0.0905. The summed E-state index contributed by atoms with van der Waals surface area (Å²) in [4.78, 5) is 18.5. The SMILES string of the molecule is O=C(NC1CCN(Cc2ccncc2Cl)CC1)c1ccccc1F. The first-order chi connectivity index (χ1) is 11.6. The quantitative estimate of drug-likeness (QED) is 0.923. The molecule has 0 unspecified atom stereocenters. The van der Waals surface area contributed by atoms with E-state index in [0.717, 1.165) is 38.0 Å². The summed E-state index contributed by atoms with van der Waals surface area (Å²) >= 11 is 6.14. The van der Waals surface area contributed by atoms with Gasteiger partial charge in [0.15, 0.2) is 0 Å². The minimum atomic E-state index is -0.486. The molecular formula is C18H19ClFN3O. The Bertz CT molecular complexity index is 717. The van der Waals surface area contributed by atoms with Gasteiger partial charge < -0.3 is 5.32 Å². The molecule has 1 amide bonds. The molecule has 2 heterocycles. The Morgan fingerprint density at radius 2 is 2.04 bits per heavy atom. The van der Waals surface area contributed by atoms with Crippen LogP contribution in [0.1, 0.15) is 28.8 Å². The number of carbonyl (C=O) groups excluding carboxylic acids is 1. The molecule has 24 heavy (non-hydrogen) atoms. The maximum atomic E-state index is 13.6. The molecular weight excluding hydrogens is 329 g/mol. The molecule has 0 aliphatic carbocycles. The van der Waals surface area contributed by atoms with Crippen molar-refractivity contribution in [3.63, 3.8) is 0 Å². The lowest BCUT2D eigenvalue weighted by Gasteiger charge is -2.32. The van der Waals surface area contributed by atoms with E-state index in [1.165, 1.54) is 12.1 Å². The fraction of sp³-hybridized carbons (Fsp3) is 0.333. The van der Waals surface area contributed by atoms with Crippen molar-refractivity contribution in [2.24, 2.45) is 0 Å². The molecule has 1 aliphatic heterocycles. The average Bonchev–Trinajstić information content (AvgIpc) is 2.59. The zero-order chi connectivity index (χ0) is 16.9. The summed E-state index contributed by atoms with van der Waals surface area (Å²) in [6.07, 6.45) is 5.06. The second-order valence-corrected chi connectivity index (χ2v) is 6.38. The largest absolute Gasteiger partial charge is 0.349 e. The van der Waals surface area contributed by atoms with Crippen LogP contribution in [-0.2, 0) is 6.54 Å². The van der Waals surface area contributed by atoms with Crippen molar-refractivity contribution < 1.29 is 9.18 Å². The Balaban J connectivity index is 1.51. The summed E-state index contributed by atoms with van der Waals surface area (Å²) in [6.45, 7) is 2.50. The minimum Gasteiger partial charge on any atom is -0.349 e. The van der Waals surface area contributed by atoms with Crippen LogP contribution in [-0.4, -0.2) is 34.9 Å². The zero-order valence-corrected chi connectivity index (χ0v) is 14.0. The van der Waals surface area contributed by atoms with Gasteiger partial charge in [-0.1, -0.05) is 23.7 Å². The van der Waals surface area contributed by atoms with Gasteiger partial charge in [-0.3, -0.25) is 14.7 Å². The normalized spacial score (nSPS) is 16.1. The number of hydrogen-bond acceptors (Lipinski definition) is 3. The highest BCUT2D eigenvalue weighted by Crippen LogP contribution is 2.19. The molecule has 0 spiro atoms. The van der Waals surface area contributed by atoms with Crippen LogP contribution in [0.2, 0.25) is 5.02 Å². The maximum absolute atomic E-state index is 13.6. The Labute approximate surface area is 145 Å². The maximum Gasteiger partial charge on any atom is 0.254 e. The highest BCUT2D eigenvalue weighted by atomic mass is 35.5. The molecule has 0 radical (unpaired) electrons. The van der Waals surface area contributed by atoms with Gasteiger partial charge in [-0.05, 0) is 36.6 Å². The molecule has 0 saturated carbocycles. The van der Waals surface area contributed by atoms with Crippen molar-refractivity contribution in [2.45, 2.75) is 25.4 Å². The van der Waals surface area contributed by atoms with Crippen LogP contribution in [0, 0.1) is 5.82 Å². The second-order valence-electron chi connectivity index (χ2n) is 5.97. The van der Waals surface area contributed by atoms with E-state index in [-0.39, 0.29) is 17.5 Å². The molecule has 0 atom stereocenters. The number of nitrogens with one attached hydrogen (secondary N) is 1. The molecule has 1 fully saturated rings. The number of likely N-dealkylation sites (tertiary alicyclic amines) is 1. The van der Waals surface area contributed by atoms with E-state index in [1.807, 2.05) is 6.07 Å². The molecule has 1 aromatic carbocycles. The van der Waals surface area contributed by atoms with E-state index in [0.29, 0.717) is 5.02 Å². The molecule has 2 aromatic rings. The Kier molecular flexibility index (Phi) is 5.43.